The maximum absolute atomic E-state index is 10.9. The molecule has 4 nitrogen and oxygen atoms in total. The molecule has 0 radical (unpaired) electrons. The first-order chi connectivity index (χ1) is 8.25. The van der Waals surface area contributed by atoms with Gasteiger partial charge in [-0.2, -0.15) is 0 Å². The van der Waals surface area contributed by atoms with E-state index in [0.29, 0.717) is 25.4 Å². The molecule has 0 amide bonds. The van der Waals surface area contributed by atoms with E-state index in [-0.39, 0.29) is 5.56 Å². The molecular formula is C13H17NO3. The topological polar surface area (TPSA) is 58.6 Å². The number of nitrogens with one attached hydrogen (secondary N) is 1. The Morgan fingerprint density at radius 1 is 1.41 bits per heavy atom. The van der Waals surface area contributed by atoms with Gasteiger partial charge in [0.05, 0.1) is 18.8 Å². The van der Waals surface area contributed by atoms with Crippen LogP contribution in [0, 0.1) is 0 Å². The van der Waals surface area contributed by atoms with Crippen LogP contribution in [0.2, 0.25) is 0 Å². The van der Waals surface area contributed by atoms with Gasteiger partial charge in [-0.25, -0.2) is 4.79 Å². The predicted octanol–water partition coefficient (Wildman–Crippen LogP) is 2.39. The summed E-state index contributed by atoms with van der Waals surface area (Å²) in [5.74, 6) is -0.930. The van der Waals surface area contributed by atoms with Crippen molar-refractivity contribution in [1.29, 1.82) is 0 Å². The minimum Gasteiger partial charge on any atom is -0.478 e. The summed E-state index contributed by atoms with van der Waals surface area (Å²) < 4.78 is 5.31. The summed E-state index contributed by atoms with van der Waals surface area (Å²) in [4.78, 5) is 10.9. The summed E-state index contributed by atoms with van der Waals surface area (Å²) in [6.07, 6.45) is 2.62. The molecule has 0 aliphatic rings. The quantitative estimate of drug-likeness (QED) is 0.536. The van der Waals surface area contributed by atoms with E-state index < -0.39 is 5.97 Å². The lowest BCUT2D eigenvalue weighted by Crippen LogP contribution is -2.12. The lowest BCUT2D eigenvalue weighted by atomic mass is 10.2. The van der Waals surface area contributed by atoms with E-state index >= 15 is 0 Å². The molecule has 1 aromatic rings. The zero-order chi connectivity index (χ0) is 12.5. The van der Waals surface area contributed by atoms with Crippen LogP contribution in [0.1, 0.15) is 16.8 Å². The van der Waals surface area contributed by atoms with Crippen molar-refractivity contribution < 1.29 is 14.6 Å². The number of carboxylic acid groups (broad SMARTS) is 1. The molecule has 0 aliphatic heterocycles. The van der Waals surface area contributed by atoms with Crippen LogP contribution < -0.4 is 5.32 Å². The Bertz CT molecular complexity index is 377. The van der Waals surface area contributed by atoms with Crippen molar-refractivity contribution in [3.8, 4) is 0 Å². The summed E-state index contributed by atoms with van der Waals surface area (Å²) in [5, 5.41) is 12.0. The fourth-order valence-electron chi connectivity index (χ4n) is 1.35. The number of rotatable bonds is 8. The van der Waals surface area contributed by atoms with Crippen molar-refractivity contribution in [2.24, 2.45) is 0 Å². The highest BCUT2D eigenvalue weighted by Gasteiger charge is 2.07. The average molecular weight is 235 g/mol. The molecule has 92 valence electrons. The monoisotopic (exact) mass is 235 g/mol. The van der Waals surface area contributed by atoms with Gasteiger partial charge in [0.1, 0.15) is 0 Å². The summed E-state index contributed by atoms with van der Waals surface area (Å²) in [6, 6.07) is 6.82. The third kappa shape index (κ3) is 4.70. The third-order valence-electron chi connectivity index (χ3n) is 2.19. The molecule has 1 aromatic carbocycles. The van der Waals surface area contributed by atoms with Gasteiger partial charge in [0.15, 0.2) is 0 Å². The fourth-order valence-corrected chi connectivity index (χ4v) is 1.35. The molecule has 4 heteroatoms. The van der Waals surface area contributed by atoms with Crippen LogP contribution in [0.25, 0.3) is 0 Å². The zero-order valence-electron chi connectivity index (χ0n) is 9.69. The maximum Gasteiger partial charge on any atom is 0.337 e. The molecule has 0 spiro atoms. The van der Waals surface area contributed by atoms with E-state index in [0.717, 1.165) is 6.42 Å². The standard InChI is InChI=1S/C13H17NO3/c1-2-3-9-17-10-8-14-12-7-5-4-6-11(12)13(15)16/h2,4-7,14H,1,3,8-10H2,(H,15,16). The zero-order valence-corrected chi connectivity index (χ0v) is 9.69. The molecule has 0 saturated heterocycles. The maximum atomic E-state index is 10.9. The number of anilines is 1. The Balaban J connectivity index is 2.36. The van der Waals surface area contributed by atoms with Crippen LogP contribution in [-0.2, 0) is 4.74 Å². The molecule has 2 N–H and O–H groups in total. The normalized spacial score (nSPS) is 9.88. The van der Waals surface area contributed by atoms with Crippen LogP contribution in [0.4, 0.5) is 5.69 Å². The SMILES string of the molecule is C=CCCOCCNc1ccccc1C(=O)O. The van der Waals surface area contributed by atoms with Crippen molar-refractivity contribution in [1.82, 2.24) is 0 Å². The molecule has 1 rings (SSSR count). The first-order valence-corrected chi connectivity index (χ1v) is 5.50. The van der Waals surface area contributed by atoms with E-state index in [1.165, 1.54) is 0 Å². The van der Waals surface area contributed by atoms with Crippen LogP contribution in [0.5, 0.6) is 0 Å². The number of ether oxygens (including phenoxy) is 1. The van der Waals surface area contributed by atoms with E-state index in [4.69, 9.17) is 9.84 Å². The molecule has 0 fully saturated rings. The number of hydrogen-bond donors (Lipinski definition) is 2. The first-order valence-electron chi connectivity index (χ1n) is 5.50. The summed E-state index contributed by atoms with van der Waals surface area (Å²) in [5.41, 5.74) is 0.894. The number of benzene rings is 1. The van der Waals surface area contributed by atoms with Gasteiger partial charge >= 0.3 is 5.97 Å². The van der Waals surface area contributed by atoms with Crippen molar-refractivity contribution in [2.75, 3.05) is 25.1 Å². The number of carbonyl (C=O) groups is 1. The molecule has 0 atom stereocenters. The average Bonchev–Trinajstić information content (AvgIpc) is 2.34. The molecule has 0 bridgehead atoms. The highest BCUT2D eigenvalue weighted by molar-refractivity contribution is 5.94. The van der Waals surface area contributed by atoms with Crippen LogP contribution in [0.15, 0.2) is 36.9 Å². The van der Waals surface area contributed by atoms with Gasteiger partial charge in [0.25, 0.3) is 0 Å². The Hall–Kier alpha value is -1.81. The van der Waals surface area contributed by atoms with Crippen molar-refractivity contribution in [3.63, 3.8) is 0 Å². The molecule has 0 saturated carbocycles. The second kappa shape index (κ2) is 7.46. The second-order valence-electron chi connectivity index (χ2n) is 3.47. The molecular weight excluding hydrogens is 218 g/mol. The molecule has 0 heterocycles. The predicted molar refractivity (Wildman–Crippen MR) is 67.5 cm³/mol. The lowest BCUT2D eigenvalue weighted by Gasteiger charge is -2.09. The Labute approximate surface area is 101 Å². The number of aromatic carboxylic acids is 1. The second-order valence-corrected chi connectivity index (χ2v) is 3.47. The molecule has 0 aromatic heterocycles. The third-order valence-corrected chi connectivity index (χ3v) is 2.19. The van der Waals surface area contributed by atoms with Gasteiger partial charge in [-0.3, -0.25) is 0 Å². The van der Waals surface area contributed by atoms with Crippen LogP contribution in [-0.4, -0.2) is 30.8 Å². The number of para-hydroxylation sites is 1. The summed E-state index contributed by atoms with van der Waals surface area (Å²) in [7, 11) is 0. The van der Waals surface area contributed by atoms with E-state index in [9.17, 15) is 4.79 Å². The number of carboxylic acids is 1. The minimum atomic E-state index is -0.930. The largest absolute Gasteiger partial charge is 0.478 e. The summed E-state index contributed by atoms with van der Waals surface area (Å²) in [6.45, 7) is 5.37. The van der Waals surface area contributed by atoms with Gasteiger partial charge in [0, 0.05) is 12.2 Å². The lowest BCUT2D eigenvalue weighted by molar-refractivity contribution is 0.0698. The van der Waals surface area contributed by atoms with Gasteiger partial charge in [-0.15, -0.1) is 6.58 Å². The first kappa shape index (κ1) is 13.3. The van der Waals surface area contributed by atoms with Gasteiger partial charge < -0.3 is 15.2 Å². The smallest absolute Gasteiger partial charge is 0.337 e. The van der Waals surface area contributed by atoms with Crippen LogP contribution >= 0.6 is 0 Å². The molecule has 17 heavy (non-hydrogen) atoms. The molecule has 0 aliphatic carbocycles. The van der Waals surface area contributed by atoms with Crippen molar-refractivity contribution in [3.05, 3.63) is 42.5 Å². The number of hydrogen-bond acceptors (Lipinski definition) is 3. The van der Waals surface area contributed by atoms with Gasteiger partial charge in [0.2, 0.25) is 0 Å². The Kier molecular flexibility index (Phi) is 5.82. The Morgan fingerprint density at radius 2 is 2.18 bits per heavy atom. The van der Waals surface area contributed by atoms with Crippen molar-refractivity contribution >= 4 is 11.7 Å². The van der Waals surface area contributed by atoms with Crippen molar-refractivity contribution in [2.45, 2.75) is 6.42 Å². The van der Waals surface area contributed by atoms with E-state index in [1.54, 1.807) is 30.3 Å². The Morgan fingerprint density at radius 3 is 2.88 bits per heavy atom. The summed E-state index contributed by atoms with van der Waals surface area (Å²) >= 11 is 0. The highest BCUT2D eigenvalue weighted by Crippen LogP contribution is 2.14. The van der Waals surface area contributed by atoms with Gasteiger partial charge in [-0.05, 0) is 18.6 Å². The van der Waals surface area contributed by atoms with E-state index in [2.05, 4.69) is 11.9 Å². The van der Waals surface area contributed by atoms with E-state index in [1.807, 2.05) is 0 Å². The van der Waals surface area contributed by atoms with Crippen LogP contribution in [0.3, 0.4) is 0 Å². The highest BCUT2D eigenvalue weighted by atomic mass is 16.5. The molecule has 0 unspecified atom stereocenters. The minimum absolute atomic E-state index is 0.276. The van der Waals surface area contributed by atoms with Gasteiger partial charge in [-0.1, -0.05) is 18.2 Å². The fraction of sp³-hybridized carbons (Fsp3) is 0.308.